The minimum atomic E-state index is -0.837. The zero-order valence-corrected chi connectivity index (χ0v) is 15.1. The lowest BCUT2D eigenvalue weighted by molar-refractivity contribution is 0.375. The van der Waals surface area contributed by atoms with Crippen molar-refractivity contribution in [1.29, 1.82) is 5.26 Å². The summed E-state index contributed by atoms with van der Waals surface area (Å²) in [7, 11) is 0. The molecule has 0 atom stereocenters. The molecule has 1 fully saturated rings. The first-order valence-electron chi connectivity index (χ1n) is 9.34. The van der Waals surface area contributed by atoms with E-state index in [1.165, 1.54) is 17.7 Å². The van der Waals surface area contributed by atoms with E-state index in [2.05, 4.69) is 6.08 Å². The van der Waals surface area contributed by atoms with Crippen molar-refractivity contribution >= 4 is 0 Å². The molecule has 4 heteroatoms. The van der Waals surface area contributed by atoms with E-state index < -0.39 is 17.2 Å². The number of allylic oxidation sites excluding steroid dienone is 2. The van der Waals surface area contributed by atoms with Gasteiger partial charge in [-0.15, -0.1) is 0 Å². The van der Waals surface area contributed by atoms with Crippen molar-refractivity contribution in [2.75, 3.05) is 6.67 Å². The highest BCUT2D eigenvalue weighted by Gasteiger charge is 2.21. The van der Waals surface area contributed by atoms with Gasteiger partial charge in [-0.25, -0.2) is 8.78 Å². The van der Waals surface area contributed by atoms with Crippen LogP contribution in [0.4, 0.5) is 13.2 Å². The second-order valence-electron chi connectivity index (χ2n) is 7.07. The Bertz CT molecular complexity index is 818. The minimum Gasteiger partial charge on any atom is -0.251 e. The van der Waals surface area contributed by atoms with Crippen LogP contribution in [0.2, 0.25) is 0 Å². The Labute approximate surface area is 158 Å². The van der Waals surface area contributed by atoms with E-state index in [9.17, 15) is 13.2 Å². The Morgan fingerprint density at radius 1 is 0.963 bits per heavy atom. The van der Waals surface area contributed by atoms with Crippen molar-refractivity contribution in [2.45, 2.75) is 38.0 Å². The zero-order chi connectivity index (χ0) is 19.2. The van der Waals surface area contributed by atoms with Crippen LogP contribution in [0.15, 0.2) is 48.6 Å². The van der Waals surface area contributed by atoms with E-state index >= 15 is 0 Å². The monoisotopic (exact) mass is 369 g/mol. The first-order chi connectivity index (χ1) is 13.1. The third-order valence-corrected chi connectivity index (χ3v) is 5.33. The molecule has 1 saturated carbocycles. The predicted octanol–water partition coefficient (Wildman–Crippen LogP) is 6.69. The highest BCUT2D eigenvalue weighted by atomic mass is 19.1. The Balaban J connectivity index is 1.67. The molecule has 0 aliphatic heterocycles. The Hall–Kier alpha value is -2.54. The van der Waals surface area contributed by atoms with Gasteiger partial charge in [0, 0.05) is 0 Å². The van der Waals surface area contributed by atoms with Crippen LogP contribution >= 0.6 is 0 Å². The standard InChI is InChI=1S/C23H22F3N/c24-12-2-1-3-16-4-6-17(7-5-16)18-8-10-19(11-9-18)20-13-22(25)21(15-27)23(26)14-20/h1,3,8-11,13-14,16-17H,2,4-7,12H2/b3-1+/t16-,17-. The lowest BCUT2D eigenvalue weighted by Crippen LogP contribution is -2.11. The largest absolute Gasteiger partial charge is 0.251 e. The third-order valence-electron chi connectivity index (χ3n) is 5.33. The molecule has 2 aromatic carbocycles. The van der Waals surface area contributed by atoms with Crippen LogP contribution in [0.1, 0.15) is 49.1 Å². The van der Waals surface area contributed by atoms with E-state index in [1.807, 2.05) is 30.3 Å². The summed E-state index contributed by atoms with van der Waals surface area (Å²) in [5.74, 6) is -0.651. The van der Waals surface area contributed by atoms with Crippen molar-refractivity contribution in [3.8, 4) is 17.2 Å². The summed E-state index contributed by atoms with van der Waals surface area (Å²) in [5, 5.41) is 8.77. The highest BCUT2D eigenvalue weighted by molar-refractivity contribution is 5.65. The quantitative estimate of drug-likeness (QED) is 0.538. The van der Waals surface area contributed by atoms with Crippen molar-refractivity contribution in [3.05, 3.63) is 71.3 Å². The van der Waals surface area contributed by atoms with Gasteiger partial charge in [-0.3, -0.25) is 4.39 Å². The minimum absolute atomic E-state index is 0.300. The second kappa shape index (κ2) is 8.90. The van der Waals surface area contributed by atoms with Gasteiger partial charge in [-0.1, -0.05) is 36.4 Å². The van der Waals surface area contributed by atoms with Crippen LogP contribution in [0.3, 0.4) is 0 Å². The lowest BCUT2D eigenvalue weighted by atomic mass is 9.78. The van der Waals surface area contributed by atoms with E-state index in [4.69, 9.17) is 5.26 Å². The Kier molecular flexibility index (Phi) is 6.34. The second-order valence-corrected chi connectivity index (χ2v) is 7.07. The van der Waals surface area contributed by atoms with Crippen molar-refractivity contribution < 1.29 is 13.2 Å². The van der Waals surface area contributed by atoms with Gasteiger partial charge < -0.3 is 0 Å². The number of halogens is 3. The topological polar surface area (TPSA) is 23.8 Å². The van der Waals surface area contributed by atoms with Gasteiger partial charge in [0.25, 0.3) is 0 Å². The maximum atomic E-state index is 13.8. The van der Waals surface area contributed by atoms with Gasteiger partial charge in [0.15, 0.2) is 0 Å². The summed E-state index contributed by atoms with van der Waals surface area (Å²) in [6, 6.07) is 11.7. The van der Waals surface area contributed by atoms with Crippen LogP contribution in [0.5, 0.6) is 0 Å². The number of nitriles is 1. The fourth-order valence-corrected chi connectivity index (χ4v) is 3.79. The molecule has 0 aromatic heterocycles. The summed E-state index contributed by atoms with van der Waals surface area (Å²) in [6.45, 7) is -0.300. The number of benzene rings is 2. The molecular weight excluding hydrogens is 347 g/mol. The van der Waals surface area contributed by atoms with Gasteiger partial charge in [-0.05, 0) is 72.8 Å². The predicted molar refractivity (Wildman–Crippen MR) is 101 cm³/mol. The summed E-state index contributed by atoms with van der Waals surface area (Å²) in [4.78, 5) is 0. The third kappa shape index (κ3) is 4.60. The molecule has 1 aliphatic rings. The maximum Gasteiger partial charge on any atom is 0.144 e. The molecule has 3 rings (SSSR count). The first-order valence-corrected chi connectivity index (χ1v) is 9.34. The molecule has 0 heterocycles. The average molecular weight is 369 g/mol. The first kappa shape index (κ1) is 19.2. The fourth-order valence-electron chi connectivity index (χ4n) is 3.79. The molecule has 0 N–H and O–H groups in total. The Morgan fingerprint density at radius 2 is 1.59 bits per heavy atom. The van der Waals surface area contributed by atoms with E-state index in [1.54, 1.807) is 6.07 Å². The summed E-state index contributed by atoms with van der Waals surface area (Å²) in [5.41, 5.74) is 1.84. The van der Waals surface area contributed by atoms with Crippen LogP contribution in [-0.4, -0.2) is 6.67 Å². The Morgan fingerprint density at radius 3 is 2.15 bits per heavy atom. The van der Waals surface area contributed by atoms with Crippen LogP contribution in [0, 0.1) is 28.9 Å². The molecule has 0 unspecified atom stereocenters. The number of hydrogen-bond acceptors (Lipinski definition) is 1. The zero-order valence-electron chi connectivity index (χ0n) is 15.1. The molecule has 27 heavy (non-hydrogen) atoms. The van der Waals surface area contributed by atoms with Crippen molar-refractivity contribution in [1.82, 2.24) is 0 Å². The maximum absolute atomic E-state index is 13.8. The van der Waals surface area contributed by atoms with Gasteiger partial charge in [0.1, 0.15) is 23.3 Å². The van der Waals surface area contributed by atoms with E-state index in [-0.39, 0.29) is 6.67 Å². The SMILES string of the molecule is N#Cc1c(F)cc(-c2ccc([C@H]3CC[C@H](/C=C/CCF)CC3)cc2)cc1F. The van der Waals surface area contributed by atoms with Crippen molar-refractivity contribution in [2.24, 2.45) is 5.92 Å². The molecule has 2 aromatic rings. The van der Waals surface area contributed by atoms with Crippen LogP contribution < -0.4 is 0 Å². The van der Waals surface area contributed by atoms with Gasteiger partial charge >= 0.3 is 0 Å². The van der Waals surface area contributed by atoms with Gasteiger partial charge in [-0.2, -0.15) is 5.26 Å². The van der Waals surface area contributed by atoms with Crippen LogP contribution in [0.25, 0.3) is 11.1 Å². The molecule has 0 saturated heterocycles. The number of rotatable bonds is 5. The smallest absolute Gasteiger partial charge is 0.144 e. The van der Waals surface area contributed by atoms with E-state index in [0.717, 1.165) is 31.2 Å². The van der Waals surface area contributed by atoms with Gasteiger partial charge in [0.2, 0.25) is 0 Å². The highest BCUT2D eigenvalue weighted by Crippen LogP contribution is 2.37. The summed E-state index contributed by atoms with van der Waals surface area (Å²) in [6.07, 6.45) is 8.96. The molecular formula is C23H22F3N. The van der Waals surface area contributed by atoms with Gasteiger partial charge in [0.05, 0.1) is 6.67 Å². The molecule has 0 spiro atoms. The fraction of sp³-hybridized carbons (Fsp3) is 0.348. The molecule has 0 amide bonds. The van der Waals surface area contributed by atoms with Crippen molar-refractivity contribution in [3.63, 3.8) is 0 Å². The molecule has 0 radical (unpaired) electrons. The number of hydrogen-bond donors (Lipinski definition) is 0. The summed E-state index contributed by atoms with van der Waals surface area (Å²) >= 11 is 0. The molecule has 140 valence electrons. The normalized spacial score (nSPS) is 19.9. The van der Waals surface area contributed by atoms with Crippen LogP contribution in [-0.2, 0) is 0 Å². The molecule has 1 aliphatic carbocycles. The number of alkyl halides is 1. The number of nitrogens with zero attached hydrogens (tertiary/aromatic N) is 1. The lowest BCUT2D eigenvalue weighted by Gasteiger charge is -2.27. The van der Waals surface area contributed by atoms with E-state index in [0.29, 0.717) is 23.8 Å². The molecule has 1 nitrogen and oxygen atoms in total. The average Bonchev–Trinajstić information content (AvgIpc) is 2.69. The summed E-state index contributed by atoms with van der Waals surface area (Å²) < 4.78 is 39.8. The molecule has 0 bridgehead atoms.